The zero-order valence-electron chi connectivity index (χ0n) is 23.1. The number of esters is 1. The van der Waals surface area contributed by atoms with Gasteiger partial charge in [-0.05, 0) is 31.2 Å². The van der Waals surface area contributed by atoms with Gasteiger partial charge in [-0.2, -0.15) is 0 Å². The molecule has 9 N–H and O–H groups in total. The summed E-state index contributed by atoms with van der Waals surface area (Å²) in [5.41, 5.74) is -12.7. The van der Waals surface area contributed by atoms with E-state index in [2.05, 4.69) is 0 Å². The van der Waals surface area contributed by atoms with Crippen LogP contribution in [0.3, 0.4) is 0 Å². The van der Waals surface area contributed by atoms with E-state index in [4.69, 9.17) is 10.5 Å². The van der Waals surface area contributed by atoms with E-state index in [-0.39, 0.29) is 32.3 Å². The highest BCUT2D eigenvalue weighted by Gasteiger charge is 3.14. The van der Waals surface area contributed by atoms with Crippen LogP contribution in [0.1, 0.15) is 82.6 Å². The topological polar surface area (TPSA) is 211 Å². The van der Waals surface area contributed by atoms with Gasteiger partial charge in [-0.25, -0.2) is 0 Å². The Morgan fingerprint density at radius 1 is 0.732 bits per heavy atom. The summed E-state index contributed by atoms with van der Waals surface area (Å²) in [5, 5.41) is 84.8. The molecule has 3 unspecified atom stereocenters. The Kier molecular flexibility index (Phi) is 6.16. The smallest absolute Gasteiger partial charge is 0.323 e. The monoisotopic (exact) mass is 575 g/mol. The van der Waals surface area contributed by atoms with Crippen LogP contribution < -0.4 is 5.73 Å². The molecule has 0 saturated heterocycles. The molecule has 5 aliphatic rings. The predicted octanol–water partition coefficient (Wildman–Crippen LogP) is 0.250. The lowest BCUT2D eigenvalue weighted by molar-refractivity contribution is -0.305. The van der Waals surface area contributed by atoms with Gasteiger partial charge in [-0.1, -0.05) is 68.9 Å². The van der Waals surface area contributed by atoms with Crippen molar-refractivity contribution in [3.63, 3.8) is 0 Å². The number of rotatable bonds is 7. The lowest BCUT2D eigenvalue weighted by atomic mass is 9.65. The van der Waals surface area contributed by atoms with Crippen LogP contribution in [0.25, 0.3) is 0 Å². The number of carbonyl (C=O) groups excluding carboxylic acids is 1. The van der Waals surface area contributed by atoms with Crippen molar-refractivity contribution < 1.29 is 50.1 Å². The van der Waals surface area contributed by atoms with Gasteiger partial charge in [-0.15, -0.1) is 0 Å². The van der Waals surface area contributed by atoms with E-state index in [1.165, 1.54) is 0 Å². The molecule has 11 heteroatoms. The van der Waals surface area contributed by atoms with Gasteiger partial charge < -0.3 is 46.2 Å². The fourth-order valence-corrected chi connectivity index (χ4v) is 10.4. The van der Waals surface area contributed by atoms with Crippen LogP contribution in [-0.2, 0) is 20.9 Å². The summed E-state index contributed by atoms with van der Waals surface area (Å²) in [5.74, 6) is -2.47. The Bertz CT molecular complexity index is 1190. The molecule has 0 aliphatic heterocycles. The summed E-state index contributed by atoms with van der Waals surface area (Å²) in [6.45, 7) is -0.111. The standard InChI is InChI=1S/C30H41NO10/c31-20(22(34)41-18-19-10-4-1-5-11-19)16-25(35)27(37)23(12-6-2-7-13-23)29(27,39)26(36,17-21(32)33)30(40)24(28(25,30)38)14-8-3-9-15-24/h1,4-5,10-11,20,35-40H,2-3,6-9,12-18,31H2,(H,32,33)/t20?,25?,26?,27-,28+,29-,30-/m0/s1. The Hall–Kier alpha value is -2.12. The zero-order chi connectivity index (χ0) is 29.7. The Morgan fingerprint density at radius 3 is 1.61 bits per heavy atom. The van der Waals surface area contributed by atoms with E-state index in [9.17, 15) is 45.3 Å². The number of aliphatic hydroxyl groups is 6. The number of nitrogens with two attached hydrogens (primary N) is 1. The molecule has 226 valence electrons. The van der Waals surface area contributed by atoms with Crippen molar-refractivity contribution in [1.82, 2.24) is 0 Å². The highest BCUT2D eigenvalue weighted by atomic mass is 16.5. The maximum Gasteiger partial charge on any atom is 0.323 e. The second-order valence-electron chi connectivity index (χ2n) is 13.3. The fourth-order valence-electron chi connectivity index (χ4n) is 10.4. The molecular weight excluding hydrogens is 534 g/mol. The van der Waals surface area contributed by atoms with Gasteiger partial charge in [0, 0.05) is 17.3 Å². The number of carboxylic acids is 1. The first-order chi connectivity index (χ1) is 19.2. The molecule has 11 nitrogen and oxygen atoms in total. The summed E-state index contributed by atoms with van der Waals surface area (Å²) in [4.78, 5) is 25.2. The summed E-state index contributed by atoms with van der Waals surface area (Å²) in [6, 6.07) is 7.25. The van der Waals surface area contributed by atoms with E-state index in [1.54, 1.807) is 30.3 Å². The van der Waals surface area contributed by atoms with Crippen molar-refractivity contribution >= 4 is 11.9 Å². The van der Waals surface area contributed by atoms with Crippen LogP contribution in [0.2, 0.25) is 0 Å². The molecule has 0 heterocycles. The Labute approximate surface area is 237 Å². The molecule has 5 aliphatic carbocycles. The third kappa shape index (κ3) is 2.85. The minimum Gasteiger partial charge on any atom is -0.481 e. The average molecular weight is 576 g/mol. The normalized spacial score (nSPS) is 44.0. The number of aliphatic carboxylic acids is 1. The molecule has 0 amide bonds. The second-order valence-corrected chi connectivity index (χ2v) is 13.3. The van der Waals surface area contributed by atoms with E-state index < -0.39 is 75.3 Å². The molecule has 7 atom stereocenters. The molecule has 0 radical (unpaired) electrons. The SMILES string of the molecule is NC(CC1(O)[C@@]2(O)C3(CCCCC3)[C@]2(O)C(O)(CC(=O)O)[C@@]2(O)C3(CCCCC3)[C@@]12O)C(=O)OCc1ccccc1. The lowest BCUT2D eigenvalue weighted by Crippen LogP contribution is -2.77. The van der Waals surface area contributed by atoms with Crippen LogP contribution in [0.4, 0.5) is 0 Å². The molecule has 1 aromatic carbocycles. The summed E-state index contributed by atoms with van der Waals surface area (Å²) in [7, 11) is 0. The summed E-state index contributed by atoms with van der Waals surface area (Å²) < 4.78 is 5.37. The first kappa shape index (κ1) is 29.0. The lowest BCUT2D eigenvalue weighted by Gasteiger charge is -2.52. The van der Waals surface area contributed by atoms with Crippen molar-refractivity contribution in [2.75, 3.05) is 0 Å². The summed E-state index contributed by atoms with van der Waals surface area (Å²) in [6.07, 6.45) is 1.96. The van der Waals surface area contributed by atoms with Crippen molar-refractivity contribution in [3.05, 3.63) is 35.9 Å². The first-order valence-electron chi connectivity index (χ1n) is 14.7. The quantitative estimate of drug-likeness (QED) is 0.207. The molecule has 2 spiro atoms. The molecular formula is C30H41NO10. The van der Waals surface area contributed by atoms with Crippen LogP contribution >= 0.6 is 0 Å². The van der Waals surface area contributed by atoms with E-state index in [0.717, 1.165) is 12.8 Å². The number of benzene rings is 1. The molecule has 5 fully saturated rings. The fraction of sp³-hybridized carbons (Fsp3) is 0.733. The number of carboxylic acid groups (broad SMARTS) is 1. The zero-order valence-corrected chi connectivity index (χ0v) is 23.1. The number of hydrogen-bond acceptors (Lipinski definition) is 10. The minimum atomic E-state index is -2.89. The average Bonchev–Trinajstić information content (AvgIpc) is 3.60. The van der Waals surface area contributed by atoms with Gasteiger partial charge in [0.15, 0.2) is 0 Å². The number of hydrogen-bond donors (Lipinski definition) is 8. The number of fused-ring (bicyclic) bond motifs is 6. The third-order valence-corrected chi connectivity index (χ3v) is 11.9. The van der Waals surface area contributed by atoms with Gasteiger partial charge in [0.05, 0.1) is 6.42 Å². The van der Waals surface area contributed by atoms with Gasteiger partial charge in [0.1, 0.15) is 46.3 Å². The molecule has 0 aromatic heterocycles. The minimum absolute atomic E-state index is 0.108. The van der Waals surface area contributed by atoms with Crippen LogP contribution in [0, 0.1) is 10.8 Å². The first-order valence-corrected chi connectivity index (χ1v) is 14.7. The second kappa shape index (κ2) is 8.72. The van der Waals surface area contributed by atoms with Crippen LogP contribution in [-0.4, -0.2) is 87.3 Å². The summed E-state index contributed by atoms with van der Waals surface area (Å²) >= 11 is 0. The molecule has 5 saturated carbocycles. The van der Waals surface area contributed by atoms with Crippen LogP contribution in [0.5, 0.6) is 0 Å². The van der Waals surface area contributed by atoms with Crippen molar-refractivity contribution in [3.8, 4) is 0 Å². The molecule has 6 rings (SSSR count). The molecule has 1 aromatic rings. The van der Waals surface area contributed by atoms with Crippen molar-refractivity contribution in [1.29, 1.82) is 0 Å². The molecule has 0 bridgehead atoms. The van der Waals surface area contributed by atoms with Crippen LogP contribution in [0.15, 0.2) is 30.3 Å². The van der Waals surface area contributed by atoms with Gasteiger partial charge in [-0.3, -0.25) is 9.59 Å². The maximum atomic E-state index is 13.1. The predicted molar refractivity (Wildman–Crippen MR) is 142 cm³/mol. The highest BCUT2D eigenvalue weighted by molar-refractivity contribution is 5.77. The Morgan fingerprint density at radius 2 is 1.17 bits per heavy atom. The van der Waals surface area contributed by atoms with Gasteiger partial charge in [0.25, 0.3) is 0 Å². The van der Waals surface area contributed by atoms with Gasteiger partial charge in [0.2, 0.25) is 0 Å². The maximum absolute atomic E-state index is 13.1. The van der Waals surface area contributed by atoms with Crippen molar-refractivity contribution in [2.24, 2.45) is 16.6 Å². The molecule has 41 heavy (non-hydrogen) atoms. The Balaban J connectivity index is 1.46. The highest BCUT2D eigenvalue weighted by Crippen LogP contribution is 2.94. The van der Waals surface area contributed by atoms with E-state index in [0.29, 0.717) is 31.2 Å². The van der Waals surface area contributed by atoms with E-state index in [1.807, 2.05) is 0 Å². The third-order valence-electron chi connectivity index (χ3n) is 11.9. The van der Waals surface area contributed by atoms with Crippen molar-refractivity contribution in [2.45, 2.75) is 123 Å². The number of carbonyl (C=O) groups is 2. The number of ether oxygens (including phenoxy) is 1. The van der Waals surface area contributed by atoms with E-state index >= 15 is 0 Å². The van der Waals surface area contributed by atoms with Gasteiger partial charge >= 0.3 is 11.9 Å². The largest absolute Gasteiger partial charge is 0.481 e.